The van der Waals surface area contributed by atoms with Crippen molar-refractivity contribution in [3.05, 3.63) is 59.5 Å². The molecule has 0 aliphatic carbocycles. The smallest absolute Gasteiger partial charge is 0.101 e. The van der Waals surface area contributed by atoms with Crippen LogP contribution in [0.2, 0.25) is 0 Å². The Bertz CT molecular complexity index is 1220. The normalized spacial score (nSPS) is 22.9. The highest BCUT2D eigenvalue weighted by Crippen LogP contribution is 2.30. The molecule has 0 amide bonds. The lowest BCUT2D eigenvalue weighted by atomic mass is 10.0. The zero-order valence-corrected chi connectivity index (χ0v) is 20.9. The minimum absolute atomic E-state index is 0.0990. The number of hydrogen-bond acceptors (Lipinski definition) is 7. The number of ether oxygens (including phenoxy) is 1. The van der Waals surface area contributed by atoms with Crippen LogP contribution in [0.25, 0.3) is 10.9 Å². The van der Waals surface area contributed by atoms with Crippen LogP contribution in [0.15, 0.2) is 42.6 Å². The van der Waals surface area contributed by atoms with E-state index in [0.29, 0.717) is 11.6 Å². The molecule has 0 spiro atoms. The van der Waals surface area contributed by atoms with E-state index in [0.717, 1.165) is 60.7 Å². The second kappa shape index (κ2) is 10.2. The standard InChI is InChI=1S/C28H34N6O/c1-19-12-24(13-20(2)32-19)33-11-5-6-23(17-33)31-15-25-18-34(16-21(3)35-25)27-9-8-22(14-29)28-26(27)7-4-10-30-28/h4,7-10,12-13,21,23,25,31H,5-6,11,15-18H2,1-3H3. The molecule has 2 aromatic heterocycles. The van der Waals surface area contributed by atoms with Crippen molar-refractivity contribution in [1.82, 2.24) is 15.3 Å². The first kappa shape index (κ1) is 23.5. The van der Waals surface area contributed by atoms with Crippen LogP contribution in [0, 0.1) is 25.2 Å². The van der Waals surface area contributed by atoms with E-state index in [1.807, 2.05) is 12.1 Å². The van der Waals surface area contributed by atoms with Gasteiger partial charge >= 0.3 is 0 Å². The minimum Gasteiger partial charge on any atom is -0.370 e. The number of aryl methyl sites for hydroxylation is 2. The SMILES string of the molecule is Cc1cc(N2CCCC(NCC3CN(c4ccc(C#N)c5ncccc45)CC(C)O3)C2)cc(C)n1. The van der Waals surface area contributed by atoms with Crippen molar-refractivity contribution < 1.29 is 4.74 Å². The number of anilines is 2. The van der Waals surface area contributed by atoms with Crippen LogP contribution in [0.3, 0.4) is 0 Å². The van der Waals surface area contributed by atoms with Gasteiger partial charge in [0.2, 0.25) is 0 Å². The van der Waals surface area contributed by atoms with Gasteiger partial charge in [-0.25, -0.2) is 0 Å². The van der Waals surface area contributed by atoms with Crippen LogP contribution in [0.4, 0.5) is 11.4 Å². The number of aromatic nitrogens is 2. The molecule has 0 saturated carbocycles. The summed E-state index contributed by atoms with van der Waals surface area (Å²) in [5.74, 6) is 0. The van der Waals surface area contributed by atoms with Crippen LogP contribution in [0.5, 0.6) is 0 Å². The molecular formula is C28H34N6O. The first-order chi connectivity index (χ1) is 17.0. The number of benzene rings is 1. The van der Waals surface area contributed by atoms with E-state index in [9.17, 15) is 5.26 Å². The maximum Gasteiger partial charge on any atom is 0.101 e. The van der Waals surface area contributed by atoms with Crippen molar-refractivity contribution in [3.8, 4) is 6.07 Å². The molecule has 7 nitrogen and oxygen atoms in total. The summed E-state index contributed by atoms with van der Waals surface area (Å²) in [6.45, 7) is 10.8. The number of piperidine rings is 1. The molecule has 182 valence electrons. The predicted molar refractivity (Wildman–Crippen MR) is 140 cm³/mol. The third-order valence-electron chi connectivity index (χ3n) is 7.02. The maximum atomic E-state index is 9.49. The quantitative estimate of drug-likeness (QED) is 0.605. The summed E-state index contributed by atoms with van der Waals surface area (Å²) in [6.07, 6.45) is 4.34. The van der Waals surface area contributed by atoms with Gasteiger partial charge in [-0.1, -0.05) is 0 Å². The van der Waals surface area contributed by atoms with Gasteiger partial charge < -0.3 is 19.9 Å². The zero-order chi connectivity index (χ0) is 24.4. The van der Waals surface area contributed by atoms with Gasteiger partial charge in [-0.05, 0) is 70.0 Å². The summed E-state index contributed by atoms with van der Waals surface area (Å²) in [5, 5.41) is 14.3. The lowest BCUT2D eigenvalue weighted by Crippen LogP contribution is -2.53. The summed E-state index contributed by atoms with van der Waals surface area (Å²) in [6, 6.07) is 15.0. The molecule has 2 fully saturated rings. The number of fused-ring (bicyclic) bond motifs is 1. The maximum absolute atomic E-state index is 9.49. The molecule has 2 aliphatic rings. The van der Waals surface area contributed by atoms with Crippen LogP contribution < -0.4 is 15.1 Å². The fraction of sp³-hybridized carbons (Fsp3) is 0.464. The monoisotopic (exact) mass is 470 g/mol. The van der Waals surface area contributed by atoms with Crippen LogP contribution >= 0.6 is 0 Å². The Morgan fingerprint density at radius 1 is 1.11 bits per heavy atom. The van der Waals surface area contributed by atoms with Gasteiger partial charge in [-0.3, -0.25) is 9.97 Å². The summed E-state index contributed by atoms with van der Waals surface area (Å²) in [4.78, 5) is 13.9. The molecule has 2 aliphatic heterocycles. The Balaban J connectivity index is 1.25. The number of morpholine rings is 1. The van der Waals surface area contributed by atoms with Gasteiger partial charge in [0, 0.05) is 73.1 Å². The number of nitrogens with one attached hydrogen (secondary N) is 1. The van der Waals surface area contributed by atoms with Gasteiger partial charge in [0.15, 0.2) is 0 Å². The Kier molecular flexibility index (Phi) is 6.85. The van der Waals surface area contributed by atoms with Gasteiger partial charge in [0.25, 0.3) is 0 Å². The number of rotatable bonds is 5. The Morgan fingerprint density at radius 3 is 2.74 bits per heavy atom. The van der Waals surface area contributed by atoms with E-state index in [2.05, 4.69) is 76.2 Å². The van der Waals surface area contributed by atoms with E-state index in [1.54, 1.807) is 6.20 Å². The summed E-state index contributed by atoms with van der Waals surface area (Å²) >= 11 is 0. The fourth-order valence-electron chi connectivity index (χ4n) is 5.55. The molecule has 3 unspecified atom stereocenters. The lowest BCUT2D eigenvalue weighted by molar-refractivity contribution is -0.0159. The van der Waals surface area contributed by atoms with Crippen molar-refractivity contribution in [1.29, 1.82) is 5.26 Å². The number of pyridine rings is 2. The van der Waals surface area contributed by atoms with E-state index in [4.69, 9.17) is 4.74 Å². The fourth-order valence-corrected chi connectivity index (χ4v) is 5.55. The topological polar surface area (TPSA) is 77.3 Å². The molecule has 2 saturated heterocycles. The van der Waals surface area contributed by atoms with Crippen LogP contribution in [0.1, 0.15) is 36.7 Å². The van der Waals surface area contributed by atoms with E-state index < -0.39 is 0 Å². The van der Waals surface area contributed by atoms with Crippen molar-refractivity contribution in [2.75, 3.05) is 42.5 Å². The molecule has 1 N–H and O–H groups in total. The average molecular weight is 471 g/mol. The second-order valence-corrected chi connectivity index (χ2v) is 9.92. The van der Waals surface area contributed by atoms with Gasteiger partial charge in [-0.2, -0.15) is 5.26 Å². The van der Waals surface area contributed by atoms with Crippen molar-refractivity contribution in [2.24, 2.45) is 0 Å². The van der Waals surface area contributed by atoms with E-state index >= 15 is 0 Å². The van der Waals surface area contributed by atoms with E-state index in [-0.39, 0.29) is 12.2 Å². The number of nitriles is 1. The second-order valence-electron chi connectivity index (χ2n) is 9.92. The molecule has 3 atom stereocenters. The third-order valence-corrected chi connectivity index (χ3v) is 7.02. The molecule has 35 heavy (non-hydrogen) atoms. The van der Waals surface area contributed by atoms with E-state index in [1.165, 1.54) is 18.5 Å². The highest BCUT2D eigenvalue weighted by molar-refractivity contribution is 5.95. The molecular weight excluding hydrogens is 436 g/mol. The summed E-state index contributed by atoms with van der Waals surface area (Å²) in [7, 11) is 0. The summed E-state index contributed by atoms with van der Waals surface area (Å²) < 4.78 is 6.33. The molecule has 1 aromatic carbocycles. The Labute approximate surface area is 207 Å². The third kappa shape index (κ3) is 5.24. The van der Waals surface area contributed by atoms with Crippen molar-refractivity contribution >= 4 is 22.3 Å². The van der Waals surface area contributed by atoms with Gasteiger partial charge in [0.1, 0.15) is 6.07 Å². The highest BCUT2D eigenvalue weighted by Gasteiger charge is 2.28. The van der Waals surface area contributed by atoms with Gasteiger partial charge in [-0.15, -0.1) is 0 Å². The lowest BCUT2D eigenvalue weighted by Gasteiger charge is -2.40. The number of nitrogens with zero attached hydrogens (tertiary/aromatic N) is 5. The Hall–Kier alpha value is -3.21. The first-order valence-electron chi connectivity index (χ1n) is 12.6. The average Bonchev–Trinajstić information content (AvgIpc) is 2.86. The largest absolute Gasteiger partial charge is 0.370 e. The van der Waals surface area contributed by atoms with Crippen LogP contribution in [-0.4, -0.2) is 60.9 Å². The molecule has 3 aromatic rings. The molecule has 5 rings (SSSR count). The highest BCUT2D eigenvalue weighted by atomic mass is 16.5. The predicted octanol–water partition coefficient (Wildman–Crippen LogP) is 3.97. The summed E-state index contributed by atoms with van der Waals surface area (Å²) in [5.41, 5.74) is 5.93. The van der Waals surface area contributed by atoms with Crippen molar-refractivity contribution in [2.45, 2.75) is 51.9 Å². The molecule has 4 heterocycles. The van der Waals surface area contributed by atoms with Gasteiger partial charge in [0.05, 0.1) is 23.3 Å². The van der Waals surface area contributed by atoms with Crippen molar-refractivity contribution in [3.63, 3.8) is 0 Å². The Morgan fingerprint density at radius 2 is 1.94 bits per heavy atom. The molecule has 0 radical (unpaired) electrons. The zero-order valence-electron chi connectivity index (χ0n) is 20.9. The van der Waals surface area contributed by atoms with Crippen LogP contribution in [-0.2, 0) is 4.74 Å². The number of hydrogen-bond donors (Lipinski definition) is 1. The molecule has 7 heteroatoms. The minimum atomic E-state index is 0.0990. The molecule has 0 bridgehead atoms. The first-order valence-corrected chi connectivity index (χ1v) is 12.6.